The molecule has 1 aromatic heterocycles. The zero-order chi connectivity index (χ0) is 12.2. The van der Waals surface area contributed by atoms with Gasteiger partial charge in [-0.25, -0.2) is 4.98 Å². The van der Waals surface area contributed by atoms with Crippen molar-refractivity contribution >= 4 is 5.95 Å². The van der Waals surface area contributed by atoms with Gasteiger partial charge in [0, 0.05) is 12.3 Å². The van der Waals surface area contributed by atoms with Gasteiger partial charge in [-0.3, -0.25) is 0 Å². The molecular formula is C11H19N3O2. The second-order valence-corrected chi connectivity index (χ2v) is 4.17. The Morgan fingerprint density at radius 3 is 2.81 bits per heavy atom. The van der Waals surface area contributed by atoms with Crippen LogP contribution < -0.4 is 10.1 Å². The number of aliphatic hydroxyl groups excluding tert-OH is 1. The van der Waals surface area contributed by atoms with Gasteiger partial charge >= 0.3 is 0 Å². The molecule has 0 aliphatic carbocycles. The molecular weight excluding hydrogens is 206 g/mol. The largest absolute Gasteiger partial charge is 0.478 e. The molecule has 0 amide bonds. The van der Waals surface area contributed by atoms with Crippen molar-refractivity contribution in [3.63, 3.8) is 0 Å². The Morgan fingerprint density at radius 2 is 2.25 bits per heavy atom. The fourth-order valence-electron chi connectivity index (χ4n) is 1.02. The van der Waals surface area contributed by atoms with Crippen molar-refractivity contribution in [2.45, 2.75) is 39.3 Å². The minimum Gasteiger partial charge on any atom is -0.478 e. The van der Waals surface area contributed by atoms with E-state index in [1.54, 1.807) is 19.2 Å². The molecule has 1 heterocycles. The van der Waals surface area contributed by atoms with Gasteiger partial charge in [0.05, 0.1) is 18.2 Å². The van der Waals surface area contributed by atoms with Crippen LogP contribution in [-0.4, -0.2) is 33.3 Å². The molecule has 0 saturated heterocycles. The average molecular weight is 225 g/mol. The quantitative estimate of drug-likeness (QED) is 0.793. The van der Waals surface area contributed by atoms with Crippen LogP contribution in [0.4, 0.5) is 5.95 Å². The third-order valence-corrected chi connectivity index (χ3v) is 2.40. The molecule has 1 aromatic rings. The standard InChI is InChI=1S/C11H19N3O2/c1-5-16-9-6-7-12-10(13-9)14-11(3,4)8(2)15/h6-8,15H,5H2,1-4H3,(H,12,13,14). The molecule has 1 rings (SSSR count). The molecule has 0 spiro atoms. The summed E-state index contributed by atoms with van der Waals surface area (Å²) in [5, 5.41) is 12.6. The number of anilines is 1. The van der Waals surface area contributed by atoms with Gasteiger partial charge in [-0.15, -0.1) is 0 Å². The van der Waals surface area contributed by atoms with Gasteiger partial charge in [0.1, 0.15) is 0 Å². The van der Waals surface area contributed by atoms with Gasteiger partial charge in [0.2, 0.25) is 11.8 Å². The fourth-order valence-corrected chi connectivity index (χ4v) is 1.02. The van der Waals surface area contributed by atoms with Crippen molar-refractivity contribution in [3.8, 4) is 5.88 Å². The Bertz CT molecular complexity index is 340. The van der Waals surface area contributed by atoms with Crippen LogP contribution >= 0.6 is 0 Å². The van der Waals surface area contributed by atoms with Crippen molar-refractivity contribution in [1.82, 2.24) is 9.97 Å². The van der Waals surface area contributed by atoms with Crippen LogP contribution in [-0.2, 0) is 0 Å². The van der Waals surface area contributed by atoms with E-state index in [0.717, 1.165) is 0 Å². The van der Waals surface area contributed by atoms with Crippen LogP contribution in [0.5, 0.6) is 5.88 Å². The normalized spacial score (nSPS) is 13.3. The van der Waals surface area contributed by atoms with Crippen LogP contribution in [0.1, 0.15) is 27.7 Å². The molecule has 0 aliphatic rings. The average Bonchev–Trinajstić information content (AvgIpc) is 2.17. The van der Waals surface area contributed by atoms with Gasteiger partial charge in [0.25, 0.3) is 0 Å². The number of aromatic nitrogens is 2. The molecule has 0 aromatic carbocycles. The predicted octanol–water partition coefficient (Wildman–Crippen LogP) is 1.45. The second kappa shape index (κ2) is 5.12. The van der Waals surface area contributed by atoms with Crippen LogP contribution in [0, 0.1) is 0 Å². The summed E-state index contributed by atoms with van der Waals surface area (Å²) in [5.41, 5.74) is -0.481. The lowest BCUT2D eigenvalue weighted by Gasteiger charge is -2.29. The minimum absolute atomic E-state index is 0.455. The lowest BCUT2D eigenvalue weighted by atomic mass is 9.99. The molecule has 5 heteroatoms. The number of ether oxygens (including phenoxy) is 1. The lowest BCUT2D eigenvalue weighted by molar-refractivity contribution is 0.132. The third-order valence-electron chi connectivity index (χ3n) is 2.40. The van der Waals surface area contributed by atoms with E-state index in [1.165, 1.54) is 0 Å². The van der Waals surface area contributed by atoms with E-state index >= 15 is 0 Å². The fraction of sp³-hybridized carbons (Fsp3) is 0.636. The van der Waals surface area contributed by atoms with E-state index < -0.39 is 11.6 Å². The molecule has 0 bridgehead atoms. The monoisotopic (exact) mass is 225 g/mol. The molecule has 0 aliphatic heterocycles. The van der Waals surface area contributed by atoms with Crippen molar-refractivity contribution in [2.75, 3.05) is 11.9 Å². The van der Waals surface area contributed by atoms with Gasteiger partial charge in [-0.2, -0.15) is 4.98 Å². The van der Waals surface area contributed by atoms with Crippen molar-refractivity contribution in [1.29, 1.82) is 0 Å². The molecule has 16 heavy (non-hydrogen) atoms. The molecule has 0 fully saturated rings. The van der Waals surface area contributed by atoms with Gasteiger partial charge in [-0.05, 0) is 27.7 Å². The maximum Gasteiger partial charge on any atom is 0.226 e. The zero-order valence-corrected chi connectivity index (χ0v) is 10.2. The number of hydrogen-bond acceptors (Lipinski definition) is 5. The summed E-state index contributed by atoms with van der Waals surface area (Å²) in [6.07, 6.45) is 1.12. The first kappa shape index (κ1) is 12.7. The van der Waals surface area contributed by atoms with E-state index in [0.29, 0.717) is 18.4 Å². The third kappa shape index (κ3) is 3.34. The molecule has 0 radical (unpaired) electrons. The number of rotatable bonds is 5. The molecule has 1 unspecified atom stereocenters. The summed E-state index contributed by atoms with van der Waals surface area (Å²) in [7, 11) is 0. The Hall–Kier alpha value is -1.36. The van der Waals surface area contributed by atoms with E-state index in [2.05, 4.69) is 15.3 Å². The number of aliphatic hydroxyl groups is 1. The summed E-state index contributed by atoms with van der Waals surface area (Å²) >= 11 is 0. The number of nitrogens with one attached hydrogen (secondary N) is 1. The van der Waals surface area contributed by atoms with Crippen molar-refractivity contribution in [2.24, 2.45) is 0 Å². The Morgan fingerprint density at radius 1 is 1.56 bits per heavy atom. The van der Waals surface area contributed by atoms with Gasteiger partial charge in [0.15, 0.2) is 0 Å². The zero-order valence-electron chi connectivity index (χ0n) is 10.2. The Labute approximate surface area is 95.9 Å². The van der Waals surface area contributed by atoms with Crippen LogP contribution in [0.25, 0.3) is 0 Å². The highest BCUT2D eigenvalue weighted by molar-refractivity contribution is 5.31. The summed E-state index contributed by atoms with van der Waals surface area (Å²) < 4.78 is 5.27. The minimum atomic E-state index is -0.508. The molecule has 5 nitrogen and oxygen atoms in total. The maximum absolute atomic E-state index is 9.56. The summed E-state index contributed by atoms with van der Waals surface area (Å²) in [5.74, 6) is 0.984. The smallest absolute Gasteiger partial charge is 0.226 e. The molecule has 0 saturated carbocycles. The summed E-state index contributed by atoms with van der Waals surface area (Å²) in [6.45, 7) is 7.95. The first-order valence-corrected chi connectivity index (χ1v) is 5.38. The van der Waals surface area contributed by atoms with E-state index in [4.69, 9.17) is 4.74 Å². The van der Waals surface area contributed by atoms with Gasteiger partial charge < -0.3 is 15.2 Å². The molecule has 2 N–H and O–H groups in total. The topological polar surface area (TPSA) is 67.3 Å². The summed E-state index contributed by atoms with van der Waals surface area (Å²) in [6, 6.07) is 1.70. The van der Waals surface area contributed by atoms with Gasteiger partial charge in [-0.1, -0.05) is 0 Å². The predicted molar refractivity (Wildman–Crippen MR) is 62.6 cm³/mol. The van der Waals surface area contributed by atoms with Crippen LogP contribution in [0.15, 0.2) is 12.3 Å². The highest BCUT2D eigenvalue weighted by Crippen LogP contribution is 2.16. The number of nitrogens with zero attached hydrogens (tertiary/aromatic N) is 2. The second-order valence-electron chi connectivity index (χ2n) is 4.17. The molecule has 1 atom stereocenters. The lowest BCUT2D eigenvalue weighted by Crippen LogP contribution is -2.42. The van der Waals surface area contributed by atoms with Crippen LogP contribution in [0.3, 0.4) is 0 Å². The van der Waals surface area contributed by atoms with E-state index in [9.17, 15) is 5.11 Å². The first-order valence-electron chi connectivity index (χ1n) is 5.38. The maximum atomic E-state index is 9.56. The van der Waals surface area contributed by atoms with E-state index in [-0.39, 0.29) is 0 Å². The van der Waals surface area contributed by atoms with Crippen molar-refractivity contribution < 1.29 is 9.84 Å². The SMILES string of the molecule is CCOc1ccnc(NC(C)(C)C(C)O)n1. The van der Waals surface area contributed by atoms with Crippen molar-refractivity contribution in [3.05, 3.63) is 12.3 Å². The Balaban J connectivity index is 2.77. The highest BCUT2D eigenvalue weighted by Gasteiger charge is 2.24. The molecule has 90 valence electrons. The summed E-state index contributed by atoms with van der Waals surface area (Å²) in [4.78, 5) is 8.25. The highest BCUT2D eigenvalue weighted by atomic mass is 16.5. The van der Waals surface area contributed by atoms with E-state index in [1.807, 2.05) is 20.8 Å². The van der Waals surface area contributed by atoms with Crippen LogP contribution in [0.2, 0.25) is 0 Å². The Kier molecular flexibility index (Phi) is 4.06. The first-order chi connectivity index (χ1) is 7.45. The number of hydrogen-bond donors (Lipinski definition) is 2.